The van der Waals surface area contributed by atoms with E-state index < -0.39 is 76.5 Å². The van der Waals surface area contributed by atoms with Gasteiger partial charge in [-0.3, -0.25) is 14.4 Å². The van der Waals surface area contributed by atoms with Crippen LogP contribution in [0.2, 0.25) is 0 Å². The highest BCUT2D eigenvalue weighted by atomic mass is 32.3. The molecule has 0 spiro atoms. The zero-order valence-corrected chi connectivity index (χ0v) is 25.4. The molecule has 2 atom stereocenters. The molecule has 19 heteroatoms. The molecule has 0 unspecified atom stereocenters. The van der Waals surface area contributed by atoms with Crippen molar-refractivity contribution in [1.29, 1.82) is 0 Å². The van der Waals surface area contributed by atoms with Gasteiger partial charge in [-0.15, -0.1) is 4.28 Å². The number of hydrogen-bond donors (Lipinski definition) is 2. The molecule has 2 saturated heterocycles. The van der Waals surface area contributed by atoms with E-state index in [2.05, 4.69) is 15.2 Å². The Balaban J connectivity index is 1.45. The molecule has 0 aliphatic carbocycles. The van der Waals surface area contributed by atoms with Gasteiger partial charge in [-0.25, -0.2) is 24.0 Å². The minimum absolute atomic E-state index is 0.00607. The average Bonchev–Trinajstić information content (AvgIpc) is 3.34. The number of alkyl carbamates (subject to hydrolysis) is 1. The van der Waals surface area contributed by atoms with Crippen molar-refractivity contribution in [1.82, 2.24) is 20.8 Å². The largest absolute Gasteiger partial charge is 0.519 e. The van der Waals surface area contributed by atoms with Crippen molar-refractivity contribution in [2.24, 2.45) is 5.41 Å². The quantitative estimate of drug-likeness (QED) is 0.172. The number of aryl methyl sites for hydroxylation is 1. The summed E-state index contributed by atoms with van der Waals surface area (Å²) in [5, 5.41) is 3.07. The molecule has 2 fully saturated rings. The van der Waals surface area contributed by atoms with Crippen LogP contribution in [0, 0.1) is 12.3 Å². The lowest BCUT2D eigenvalue weighted by atomic mass is 9.95. The van der Waals surface area contributed by atoms with E-state index in [1.165, 1.54) is 20.8 Å². The van der Waals surface area contributed by atoms with Crippen molar-refractivity contribution in [2.75, 3.05) is 26.3 Å². The molecule has 2 bridgehead atoms. The maximum atomic E-state index is 12.9. The van der Waals surface area contributed by atoms with Gasteiger partial charge >= 0.3 is 34.3 Å². The molecule has 4 amide bonds. The SMILES string of the molecule is Cc1oc(=O)oc1COC(=O)C(C)(C)COS(=O)(=O)ON1C(=O)N2C[C@H]1CC[C@H]2C(=O)NOCCNC(=O)OC(C)(C)C. The molecule has 0 aromatic carbocycles. The second kappa shape index (κ2) is 13.3. The number of urea groups is 1. The number of nitrogens with one attached hydrogen (secondary N) is 2. The van der Waals surface area contributed by atoms with Gasteiger partial charge in [0.15, 0.2) is 18.1 Å². The number of carbonyl (C=O) groups excluding carboxylic acids is 4. The molecule has 2 aliphatic rings. The van der Waals surface area contributed by atoms with Crippen LogP contribution >= 0.6 is 0 Å². The lowest BCUT2D eigenvalue weighted by Gasteiger charge is -2.28. The van der Waals surface area contributed by atoms with Gasteiger partial charge < -0.3 is 28.5 Å². The van der Waals surface area contributed by atoms with Crippen LogP contribution in [0.15, 0.2) is 13.6 Å². The van der Waals surface area contributed by atoms with Crippen molar-refractivity contribution in [2.45, 2.75) is 78.7 Å². The van der Waals surface area contributed by atoms with Crippen LogP contribution < -0.4 is 16.6 Å². The number of amides is 4. The fraction of sp³-hybridized carbons (Fsp3) is 0.708. The first-order valence-electron chi connectivity index (χ1n) is 13.2. The number of nitrogens with zero attached hydrogens (tertiary/aromatic N) is 2. The molecule has 0 saturated carbocycles. The Morgan fingerprint density at radius 1 is 1.07 bits per heavy atom. The highest BCUT2D eigenvalue weighted by Crippen LogP contribution is 2.31. The lowest BCUT2D eigenvalue weighted by Crippen LogP contribution is -2.50. The van der Waals surface area contributed by atoms with Crippen molar-refractivity contribution in [3.05, 3.63) is 22.1 Å². The van der Waals surface area contributed by atoms with E-state index in [0.717, 1.165) is 4.90 Å². The number of hydroxylamine groups is 3. The van der Waals surface area contributed by atoms with Gasteiger partial charge in [0, 0.05) is 13.1 Å². The molecule has 3 heterocycles. The zero-order valence-electron chi connectivity index (χ0n) is 24.6. The van der Waals surface area contributed by atoms with Gasteiger partial charge in [-0.1, -0.05) is 0 Å². The van der Waals surface area contributed by atoms with Crippen LogP contribution in [0.3, 0.4) is 0 Å². The van der Waals surface area contributed by atoms with E-state index in [1.54, 1.807) is 20.8 Å². The summed E-state index contributed by atoms with van der Waals surface area (Å²) in [4.78, 5) is 67.0. The van der Waals surface area contributed by atoms with Gasteiger partial charge in [0.2, 0.25) is 0 Å². The van der Waals surface area contributed by atoms with Gasteiger partial charge in [0.05, 0.1) is 24.7 Å². The van der Waals surface area contributed by atoms with Crippen molar-refractivity contribution < 1.29 is 59.2 Å². The molecule has 242 valence electrons. The first kappa shape index (κ1) is 33.8. The van der Waals surface area contributed by atoms with Crippen LogP contribution in [-0.4, -0.2) is 86.4 Å². The van der Waals surface area contributed by atoms with E-state index >= 15 is 0 Å². The highest BCUT2D eigenvalue weighted by molar-refractivity contribution is 7.81. The summed E-state index contributed by atoms with van der Waals surface area (Å²) >= 11 is 0. The second-order valence-corrected chi connectivity index (χ2v) is 12.6. The summed E-state index contributed by atoms with van der Waals surface area (Å²) in [7, 11) is -4.82. The van der Waals surface area contributed by atoms with Gasteiger partial charge in [-0.05, 0) is 54.4 Å². The first-order valence-corrected chi connectivity index (χ1v) is 14.6. The minimum atomic E-state index is -4.82. The second-order valence-electron chi connectivity index (χ2n) is 11.4. The lowest BCUT2D eigenvalue weighted by molar-refractivity contribution is -0.157. The molecule has 1 aromatic heterocycles. The number of carbonyl (C=O) groups is 4. The molecule has 3 rings (SSSR count). The Morgan fingerprint density at radius 2 is 1.77 bits per heavy atom. The monoisotopic (exact) mass is 636 g/mol. The Hall–Kier alpha value is -3.68. The molecule has 2 aliphatic heterocycles. The molecule has 18 nitrogen and oxygen atoms in total. The molecular formula is C24H36N4O14S. The third-order valence-corrected chi connectivity index (χ3v) is 6.88. The molecule has 1 aromatic rings. The van der Waals surface area contributed by atoms with Crippen molar-refractivity contribution in [3.63, 3.8) is 0 Å². The summed E-state index contributed by atoms with van der Waals surface area (Å²) in [6.07, 6.45) is -0.225. The van der Waals surface area contributed by atoms with Crippen LogP contribution in [0.25, 0.3) is 0 Å². The number of fused-ring (bicyclic) bond motifs is 2. The summed E-state index contributed by atoms with van der Waals surface area (Å²) in [5.74, 6) is -2.36. The van der Waals surface area contributed by atoms with E-state index in [4.69, 9.17) is 27.2 Å². The highest BCUT2D eigenvalue weighted by Gasteiger charge is 2.50. The van der Waals surface area contributed by atoms with Crippen molar-refractivity contribution >= 4 is 34.4 Å². The van der Waals surface area contributed by atoms with E-state index in [0.29, 0.717) is 5.06 Å². The maximum Gasteiger partial charge on any atom is 0.519 e. The predicted octanol–water partition coefficient (Wildman–Crippen LogP) is 0.645. The summed E-state index contributed by atoms with van der Waals surface area (Å²) in [5.41, 5.74) is 0.0543. The van der Waals surface area contributed by atoms with Gasteiger partial charge in [0.25, 0.3) is 5.91 Å². The normalized spacial score (nSPS) is 18.9. The summed E-state index contributed by atoms with van der Waals surface area (Å²) in [6.45, 7) is 8.11. The van der Waals surface area contributed by atoms with Crippen molar-refractivity contribution in [3.8, 4) is 0 Å². The van der Waals surface area contributed by atoms with Gasteiger partial charge in [-0.2, -0.15) is 13.5 Å². The minimum Gasteiger partial charge on any atom is -0.457 e. The fourth-order valence-corrected chi connectivity index (χ4v) is 4.81. The van der Waals surface area contributed by atoms with Gasteiger partial charge in [0.1, 0.15) is 11.6 Å². The smallest absolute Gasteiger partial charge is 0.457 e. The van der Waals surface area contributed by atoms with E-state index in [1.807, 2.05) is 0 Å². The fourth-order valence-electron chi connectivity index (χ4n) is 3.94. The Kier molecular flexibility index (Phi) is 10.5. The average molecular weight is 637 g/mol. The molecule has 0 radical (unpaired) electrons. The number of hydrogen-bond acceptors (Lipinski definition) is 14. The van der Waals surface area contributed by atoms with Crippen LogP contribution in [0.4, 0.5) is 9.59 Å². The number of rotatable bonds is 13. The topological polar surface area (TPSA) is 222 Å². The number of piperidine rings is 1. The Morgan fingerprint density at radius 3 is 2.40 bits per heavy atom. The first-order chi connectivity index (χ1) is 19.9. The summed E-state index contributed by atoms with van der Waals surface area (Å²) < 4.78 is 54.4. The number of esters is 1. The van der Waals surface area contributed by atoms with Crippen LogP contribution in [0.1, 0.15) is 59.0 Å². The molecular weight excluding hydrogens is 600 g/mol. The molecule has 43 heavy (non-hydrogen) atoms. The Bertz CT molecular complexity index is 1360. The molecule has 2 N–H and O–H groups in total. The third kappa shape index (κ3) is 9.40. The zero-order chi connectivity index (χ0) is 32.2. The van der Waals surface area contributed by atoms with Crippen LogP contribution in [0.5, 0.6) is 0 Å². The predicted molar refractivity (Wildman–Crippen MR) is 141 cm³/mol. The van der Waals surface area contributed by atoms with E-state index in [9.17, 15) is 32.4 Å². The Labute approximate surface area is 247 Å². The third-order valence-electron chi connectivity index (χ3n) is 6.13. The van der Waals surface area contributed by atoms with Crippen LogP contribution in [-0.2, 0) is 49.4 Å². The van der Waals surface area contributed by atoms with E-state index in [-0.39, 0.29) is 44.1 Å². The summed E-state index contributed by atoms with van der Waals surface area (Å²) in [6, 6.07) is -2.52. The maximum absolute atomic E-state index is 12.9. The number of ether oxygens (including phenoxy) is 2. The standard InChI is InChI=1S/C24H36N4O14S/c1-14-17(40-22(33)39-14)12-36-19(30)24(5,6)13-38-43(34,35)42-28-15-7-8-16(27(11-15)21(28)32)18(29)26-37-10-9-25-20(31)41-23(2,3)4/h15-16H,7-13H2,1-6H3,(H,25,31)(H,26,29)/t15-,16+/m1/s1.